The number of halogens is 2. The van der Waals surface area contributed by atoms with Gasteiger partial charge in [-0.2, -0.15) is 0 Å². The Labute approximate surface area is 148 Å². The molecule has 1 saturated heterocycles. The lowest BCUT2D eigenvalue weighted by atomic mass is 10.1. The number of pyridine rings is 1. The van der Waals surface area contributed by atoms with Crippen LogP contribution in [-0.2, 0) is 7.05 Å². The van der Waals surface area contributed by atoms with Gasteiger partial charge in [-0.25, -0.2) is 9.18 Å². The number of carbonyl (C=O) groups is 1. The summed E-state index contributed by atoms with van der Waals surface area (Å²) in [6, 6.07) is 0.994. The number of nitrogens with zero attached hydrogens (tertiary/aromatic N) is 2. The number of rotatable bonds is 2. The molecule has 1 unspecified atom stereocenters. The number of aryl methyl sites for hydroxylation is 1. The van der Waals surface area contributed by atoms with Gasteiger partial charge in [0.25, 0.3) is 0 Å². The van der Waals surface area contributed by atoms with Crippen molar-refractivity contribution >= 4 is 34.2 Å². The van der Waals surface area contributed by atoms with E-state index in [1.165, 1.54) is 10.8 Å². The van der Waals surface area contributed by atoms with Crippen molar-refractivity contribution in [3.05, 3.63) is 38.9 Å². The molecule has 1 aliphatic rings. The summed E-state index contributed by atoms with van der Waals surface area (Å²) in [5, 5.41) is 9.19. The lowest BCUT2D eigenvalue weighted by Crippen LogP contribution is -2.36. The average molecular weight is 368 g/mol. The van der Waals surface area contributed by atoms with Crippen LogP contribution >= 0.6 is 11.6 Å². The molecule has 2 heterocycles. The number of fused-ring (bicyclic) bond motifs is 1. The number of hydrogen-bond acceptors (Lipinski definition) is 4. The third-order valence-corrected chi connectivity index (χ3v) is 4.95. The van der Waals surface area contributed by atoms with Gasteiger partial charge in [-0.15, -0.1) is 0 Å². The highest BCUT2D eigenvalue weighted by atomic mass is 35.5. The first kappa shape index (κ1) is 17.7. The number of aromatic nitrogens is 1. The fourth-order valence-electron chi connectivity index (χ4n) is 3.40. The Morgan fingerprint density at radius 3 is 2.84 bits per heavy atom. The van der Waals surface area contributed by atoms with Crippen LogP contribution < -0.4 is 16.1 Å². The normalized spacial score (nSPS) is 18.4. The van der Waals surface area contributed by atoms with Crippen LogP contribution in [0.3, 0.4) is 0 Å². The molecule has 8 heteroatoms. The lowest BCUT2D eigenvalue weighted by Gasteiger charge is -2.27. The lowest BCUT2D eigenvalue weighted by molar-refractivity contribution is 0.0695. The number of nitrogens with two attached hydrogens (primary N) is 1. The van der Waals surface area contributed by atoms with Crippen LogP contribution in [0.5, 0.6) is 0 Å². The molecule has 1 atom stereocenters. The first-order valence-corrected chi connectivity index (χ1v) is 8.44. The molecule has 0 saturated carbocycles. The van der Waals surface area contributed by atoms with Crippen molar-refractivity contribution in [3.63, 3.8) is 0 Å². The summed E-state index contributed by atoms with van der Waals surface area (Å²) in [5.41, 5.74) is 5.41. The van der Waals surface area contributed by atoms with Crippen molar-refractivity contribution in [1.29, 1.82) is 0 Å². The van der Waals surface area contributed by atoms with Crippen molar-refractivity contribution < 1.29 is 14.3 Å². The smallest absolute Gasteiger partial charge is 0.341 e. The minimum atomic E-state index is -1.36. The first-order chi connectivity index (χ1) is 11.8. The van der Waals surface area contributed by atoms with E-state index in [0.29, 0.717) is 18.6 Å². The zero-order valence-corrected chi connectivity index (χ0v) is 14.5. The summed E-state index contributed by atoms with van der Waals surface area (Å²) in [4.78, 5) is 25.4. The van der Waals surface area contributed by atoms with Gasteiger partial charge in [0, 0.05) is 32.4 Å². The highest BCUT2D eigenvalue weighted by Crippen LogP contribution is 2.36. The molecule has 3 N–H and O–H groups in total. The highest BCUT2D eigenvalue weighted by Gasteiger charge is 2.25. The maximum Gasteiger partial charge on any atom is 0.341 e. The van der Waals surface area contributed by atoms with Crippen LogP contribution in [0.25, 0.3) is 10.9 Å². The van der Waals surface area contributed by atoms with Gasteiger partial charge in [0.2, 0.25) is 5.43 Å². The van der Waals surface area contributed by atoms with Gasteiger partial charge in [-0.05, 0) is 18.9 Å². The Morgan fingerprint density at radius 2 is 2.16 bits per heavy atom. The second-order valence-electron chi connectivity index (χ2n) is 6.41. The number of carboxylic acids is 1. The van der Waals surface area contributed by atoms with Gasteiger partial charge in [-0.1, -0.05) is 18.0 Å². The molecule has 1 fully saturated rings. The number of aromatic carboxylic acids is 1. The highest BCUT2D eigenvalue weighted by molar-refractivity contribution is 6.38. The van der Waals surface area contributed by atoms with Crippen molar-refractivity contribution in [1.82, 2.24) is 4.57 Å². The maximum absolute atomic E-state index is 14.8. The van der Waals surface area contributed by atoms with Gasteiger partial charge >= 0.3 is 5.97 Å². The van der Waals surface area contributed by atoms with E-state index in [9.17, 15) is 14.0 Å². The van der Waals surface area contributed by atoms with E-state index < -0.39 is 22.8 Å². The predicted octanol–water partition coefficient (Wildman–Crippen LogP) is 2.35. The van der Waals surface area contributed by atoms with Gasteiger partial charge in [0.05, 0.1) is 21.6 Å². The Hall–Kier alpha value is -2.12. The molecule has 0 bridgehead atoms. The summed E-state index contributed by atoms with van der Waals surface area (Å²) in [5.74, 6) is -2.01. The summed E-state index contributed by atoms with van der Waals surface area (Å²) in [6.45, 7) is 1.10. The van der Waals surface area contributed by atoms with Crippen LogP contribution in [0.15, 0.2) is 17.1 Å². The van der Waals surface area contributed by atoms with Gasteiger partial charge in [0.1, 0.15) is 11.4 Å². The van der Waals surface area contributed by atoms with E-state index in [2.05, 4.69) is 0 Å². The molecule has 25 heavy (non-hydrogen) atoms. The Balaban J connectivity index is 2.26. The van der Waals surface area contributed by atoms with Crippen LogP contribution in [0.1, 0.15) is 29.6 Å². The molecule has 2 aromatic rings. The van der Waals surface area contributed by atoms with E-state index >= 15 is 0 Å². The molecule has 6 nitrogen and oxygen atoms in total. The van der Waals surface area contributed by atoms with Crippen molar-refractivity contribution in [2.45, 2.75) is 25.3 Å². The monoisotopic (exact) mass is 367 g/mol. The van der Waals surface area contributed by atoms with Crippen LogP contribution in [0.2, 0.25) is 5.02 Å². The van der Waals surface area contributed by atoms with Gasteiger partial charge < -0.3 is 20.3 Å². The summed E-state index contributed by atoms with van der Waals surface area (Å²) in [7, 11) is 1.58. The fourth-order valence-corrected chi connectivity index (χ4v) is 3.84. The Kier molecular flexibility index (Phi) is 4.71. The van der Waals surface area contributed by atoms with Gasteiger partial charge in [-0.3, -0.25) is 4.79 Å². The summed E-state index contributed by atoms with van der Waals surface area (Å²) in [6.07, 6.45) is 3.90. The molecule has 3 rings (SSSR count). The zero-order valence-electron chi connectivity index (χ0n) is 13.8. The van der Waals surface area contributed by atoms with E-state index in [-0.39, 0.29) is 22.1 Å². The predicted molar refractivity (Wildman–Crippen MR) is 95.2 cm³/mol. The number of anilines is 1. The van der Waals surface area contributed by atoms with E-state index in [4.69, 9.17) is 22.4 Å². The average Bonchev–Trinajstić information content (AvgIpc) is 2.74. The molecule has 1 aliphatic heterocycles. The van der Waals surface area contributed by atoms with E-state index in [1.807, 2.05) is 4.90 Å². The van der Waals surface area contributed by atoms with Crippen LogP contribution in [0.4, 0.5) is 10.1 Å². The number of hydrogen-bond donors (Lipinski definition) is 2. The molecule has 0 aliphatic carbocycles. The summed E-state index contributed by atoms with van der Waals surface area (Å²) < 4.78 is 16.3. The Morgan fingerprint density at radius 1 is 1.44 bits per heavy atom. The van der Waals surface area contributed by atoms with Crippen molar-refractivity contribution in [2.75, 3.05) is 18.0 Å². The van der Waals surface area contributed by atoms with Crippen molar-refractivity contribution in [3.8, 4) is 0 Å². The third-order valence-electron chi connectivity index (χ3n) is 4.59. The molecule has 0 amide bonds. The third kappa shape index (κ3) is 3.09. The quantitative estimate of drug-likeness (QED) is 0.850. The van der Waals surface area contributed by atoms with Gasteiger partial charge in [0.15, 0.2) is 0 Å². The maximum atomic E-state index is 14.8. The van der Waals surface area contributed by atoms with Crippen LogP contribution in [0, 0.1) is 5.82 Å². The minimum absolute atomic E-state index is 0.0484. The molecule has 0 spiro atoms. The van der Waals surface area contributed by atoms with Crippen LogP contribution in [-0.4, -0.2) is 34.8 Å². The second kappa shape index (κ2) is 6.65. The molecular formula is C17H19ClFN3O3. The van der Waals surface area contributed by atoms with E-state index in [1.54, 1.807) is 7.05 Å². The summed E-state index contributed by atoms with van der Waals surface area (Å²) >= 11 is 6.46. The minimum Gasteiger partial charge on any atom is -0.477 e. The zero-order chi connectivity index (χ0) is 18.3. The molecule has 1 aromatic carbocycles. The number of carboxylic acid groups (broad SMARTS) is 1. The first-order valence-electron chi connectivity index (χ1n) is 8.06. The standard InChI is InChI=1S/C17H19ClFN3O3/c1-21-8-11(17(24)25)16(23)10-6-12(19)15(13(18)14(10)21)22-5-3-2-4-9(20)7-22/h6,8-9H,2-5,7,20H2,1H3,(H,24,25). The topological polar surface area (TPSA) is 88.6 Å². The van der Waals surface area contributed by atoms with E-state index in [0.717, 1.165) is 25.3 Å². The number of benzene rings is 1. The molecular weight excluding hydrogens is 349 g/mol. The van der Waals surface area contributed by atoms with Crippen molar-refractivity contribution in [2.24, 2.45) is 12.8 Å². The fraction of sp³-hybridized carbons (Fsp3) is 0.412. The second-order valence-corrected chi connectivity index (χ2v) is 6.78. The molecule has 134 valence electrons. The molecule has 0 radical (unpaired) electrons. The Bertz CT molecular complexity index is 912. The molecule has 1 aromatic heterocycles. The SMILES string of the molecule is Cn1cc(C(=O)O)c(=O)c2cc(F)c(N3CCCCC(N)C3)c(Cl)c21. The largest absolute Gasteiger partial charge is 0.477 e.